The van der Waals surface area contributed by atoms with Crippen LogP contribution in [0.15, 0.2) is 113 Å². The van der Waals surface area contributed by atoms with Gasteiger partial charge in [0, 0.05) is 12.4 Å². The molecule has 1 unspecified atom stereocenters. The summed E-state index contributed by atoms with van der Waals surface area (Å²) in [7, 11) is -8.08. The summed E-state index contributed by atoms with van der Waals surface area (Å²) in [5, 5.41) is 0. The summed E-state index contributed by atoms with van der Waals surface area (Å²) in [6.45, 7) is 5.47. The number of allylic oxidation sites excluding steroid dienone is 2. The first-order chi connectivity index (χ1) is 14.8. The minimum absolute atomic E-state index is 0.0228. The van der Waals surface area contributed by atoms with E-state index in [0.29, 0.717) is 5.56 Å². The van der Waals surface area contributed by atoms with Gasteiger partial charge in [-0.3, -0.25) is 4.98 Å². The van der Waals surface area contributed by atoms with Gasteiger partial charge in [-0.15, -0.1) is 0 Å². The number of benzene rings is 2. The van der Waals surface area contributed by atoms with Crippen molar-refractivity contribution in [3.8, 4) is 0 Å². The van der Waals surface area contributed by atoms with Crippen LogP contribution in [-0.2, 0) is 19.9 Å². The maximum atomic E-state index is 13.5. The summed E-state index contributed by atoms with van der Waals surface area (Å²) in [6.07, 6.45) is 5.58. The van der Waals surface area contributed by atoms with Crippen molar-refractivity contribution >= 4 is 19.9 Å². The number of hydrogen-bond donors (Lipinski definition) is 1. The summed E-state index contributed by atoms with van der Waals surface area (Å²) in [5.41, 5.74) is 1.28. The van der Waals surface area contributed by atoms with Gasteiger partial charge in [0.15, 0.2) is 0 Å². The van der Waals surface area contributed by atoms with Crippen LogP contribution in [-0.4, -0.2) is 21.8 Å². The Balaban J connectivity index is 2.16. The monoisotopic (exact) mass is 454 g/mol. The molecule has 0 saturated heterocycles. The molecular weight excluding hydrogens is 432 g/mol. The molecule has 0 aliphatic rings. The van der Waals surface area contributed by atoms with E-state index in [9.17, 15) is 16.8 Å². The van der Waals surface area contributed by atoms with Gasteiger partial charge in [-0.1, -0.05) is 54.6 Å². The van der Waals surface area contributed by atoms with E-state index in [0.717, 1.165) is 5.56 Å². The van der Waals surface area contributed by atoms with Gasteiger partial charge in [0.05, 0.1) is 20.7 Å². The second-order valence-corrected chi connectivity index (χ2v) is 10.4. The third kappa shape index (κ3) is 5.16. The lowest BCUT2D eigenvalue weighted by Crippen LogP contribution is -2.32. The fraction of sp³-hybridized carbons (Fsp3) is 0.0870. The van der Waals surface area contributed by atoms with E-state index >= 15 is 0 Å². The molecule has 0 spiro atoms. The first-order valence-corrected chi connectivity index (χ1v) is 12.3. The molecule has 1 atom stereocenters. The minimum atomic E-state index is -4.05. The van der Waals surface area contributed by atoms with Gasteiger partial charge < -0.3 is 0 Å². The highest BCUT2D eigenvalue weighted by Crippen LogP contribution is 2.32. The van der Waals surface area contributed by atoms with Crippen molar-refractivity contribution < 1.29 is 16.8 Å². The van der Waals surface area contributed by atoms with Gasteiger partial charge in [-0.2, -0.15) is 4.72 Å². The largest absolute Gasteiger partial charge is 0.264 e. The van der Waals surface area contributed by atoms with Crippen molar-refractivity contribution in [1.29, 1.82) is 0 Å². The van der Waals surface area contributed by atoms with Crippen LogP contribution >= 0.6 is 0 Å². The minimum Gasteiger partial charge on any atom is -0.264 e. The second kappa shape index (κ2) is 9.38. The molecule has 8 heteroatoms. The number of aromatic nitrogens is 1. The summed E-state index contributed by atoms with van der Waals surface area (Å²) in [6, 6.07) is 16.1. The maximum absolute atomic E-state index is 13.5. The van der Waals surface area contributed by atoms with E-state index in [1.165, 1.54) is 48.8 Å². The first-order valence-electron chi connectivity index (χ1n) is 9.37. The zero-order chi connectivity index (χ0) is 22.5. The highest BCUT2D eigenvalue weighted by molar-refractivity contribution is 7.95. The highest BCUT2D eigenvalue weighted by atomic mass is 32.2. The van der Waals surface area contributed by atoms with Gasteiger partial charge in [0.2, 0.25) is 19.9 Å². The zero-order valence-electron chi connectivity index (χ0n) is 16.8. The van der Waals surface area contributed by atoms with Gasteiger partial charge in [0.1, 0.15) is 0 Å². The fourth-order valence-electron chi connectivity index (χ4n) is 2.97. The Bertz CT molecular complexity index is 1280. The number of nitrogens with zero attached hydrogens (tertiary/aromatic N) is 1. The molecule has 1 N–H and O–H groups in total. The molecule has 0 amide bonds. The van der Waals surface area contributed by atoms with Crippen molar-refractivity contribution in [3.63, 3.8) is 0 Å². The van der Waals surface area contributed by atoms with E-state index < -0.39 is 25.9 Å². The van der Waals surface area contributed by atoms with Gasteiger partial charge in [0.25, 0.3) is 0 Å². The molecule has 0 fully saturated rings. The Hall–Kier alpha value is -3.07. The third-order valence-corrected chi connectivity index (χ3v) is 7.88. The fourth-order valence-corrected chi connectivity index (χ4v) is 5.82. The zero-order valence-corrected chi connectivity index (χ0v) is 18.5. The molecule has 1 aromatic heterocycles. The van der Waals surface area contributed by atoms with Crippen LogP contribution in [0.3, 0.4) is 0 Å². The van der Waals surface area contributed by atoms with Gasteiger partial charge >= 0.3 is 0 Å². The third-order valence-electron chi connectivity index (χ3n) is 4.55. The topological polar surface area (TPSA) is 93.2 Å². The molecule has 0 aliphatic heterocycles. The average molecular weight is 455 g/mol. The summed E-state index contributed by atoms with van der Waals surface area (Å²) in [5.74, 6) is 0. The molecule has 160 valence electrons. The van der Waals surface area contributed by atoms with Crippen molar-refractivity contribution in [3.05, 3.63) is 114 Å². The summed E-state index contributed by atoms with van der Waals surface area (Å²) < 4.78 is 55.6. The van der Waals surface area contributed by atoms with Crippen LogP contribution in [0.2, 0.25) is 0 Å². The summed E-state index contributed by atoms with van der Waals surface area (Å²) in [4.78, 5) is 3.96. The predicted octanol–water partition coefficient (Wildman–Crippen LogP) is 3.95. The highest BCUT2D eigenvalue weighted by Gasteiger charge is 2.32. The van der Waals surface area contributed by atoms with Gasteiger partial charge in [-0.05, 0) is 48.9 Å². The number of nitrogens with one attached hydrogen (secondary N) is 1. The smallest absolute Gasteiger partial charge is 0.241 e. The summed E-state index contributed by atoms with van der Waals surface area (Å²) >= 11 is 0. The van der Waals surface area contributed by atoms with E-state index in [4.69, 9.17) is 0 Å². The number of pyridine rings is 1. The molecule has 0 saturated carbocycles. The Labute approximate surface area is 183 Å². The lowest BCUT2D eigenvalue weighted by molar-refractivity contribution is 0.569. The van der Waals surface area contributed by atoms with E-state index in [1.807, 2.05) is 6.92 Å². The molecule has 2 aromatic carbocycles. The van der Waals surface area contributed by atoms with Crippen molar-refractivity contribution in [2.45, 2.75) is 22.8 Å². The molecule has 0 bridgehead atoms. The second-order valence-electron chi connectivity index (χ2n) is 6.77. The quantitative estimate of drug-likeness (QED) is 0.520. The number of sulfone groups is 1. The molecule has 0 aliphatic carbocycles. The Morgan fingerprint density at radius 1 is 0.935 bits per heavy atom. The first kappa shape index (κ1) is 22.6. The lowest BCUT2D eigenvalue weighted by Gasteiger charge is -2.22. The molecule has 6 nitrogen and oxygen atoms in total. The van der Waals surface area contributed by atoms with Crippen LogP contribution in [0, 0.1) is 6.92 Å². The molecule has 1 heterocycles. The molecule has 0 radical (unpaired) electrons. The van der Waals surface area contributed by atoms with Crippen LogP contribution in [0.25, 0.3) is 0 Å². The van der Waals surface area contributed by atoms with Crippen molar-refractivity contribution in [2.75, 3.05) is 0 Å². The predicted molar refractivity (Wildman–Crippen MR) is 120 cm³/mol. The standard InChI is InChI=1S/C23H22N2O4S2/c1-3-8-22(30(26,27)20-14-12-18(2)13-15-20)23(19-9-7-16-24-17-19)25-31(28,29)21-10-5-4-6-11-21/h3-17,23,25H,1H2,2H3/b22-8+. The van der Waals surface area contributed by atoms with Crippen molar-refractivity contribution in [1.82, 2.24) is 9.71 Å². The van der Waals surface area contributed by atoms with Crippen LogP contribution in [0.4, 0.5) is 0 Å². The van der Waals surface area contributed by atoms with Crippen LogP contribution in [0.1, 0.15) is 17.2 Å². The average Bonchev–Trinajstić information content (AvgIpc) is 2.77. The van der Waals surface area contributed by atoms with Crippen molar-refractivity contribution in [2.24, 2.45) is 0 Å². The lowest BCUT2D eigenvalue weighted by atomic mass is 10.1. The van der Waals surface area contributed by atoms with Gasteiger partial charge in [-0.25, -0.2) is 16.8 Å². The Morgan fingerprint density at radius 3 is 2.19 bits per heavy atom. The molecule has 3 rings (SSSR count). The number of sulfonamides is 1. The molecular formula is C23H22N2O4S2. The number of hydrogen-bond acceptors (Lipinski definition) is 5. The van der Waals surface area contributed by atoms with E-state index in [1.54, 1.807) is 42.5 Å². The van der Waals surface area contributed by atoms with E-state index in [2.05, 4.69) is 16.3 Å². The van der Waals surface area contributed by atoms with Crippen LogP contribution < -0.4 is 4.72 Å². The molecule has 31 heavy (non-hydrogen) atoms. The van der Waals surface area contributed by atoms with E-state index in [-0.39, 0.29) is 14.7 Å². The SMILES string of the molecule is C=C/C=C(\C(NS(=O)(=O)c1ccccc1)c1cccnc1)S(=O)(=O)c1ccc(C)cc1. The van der Waals surface area contributed by atoms with Crippen LogP contribution in [0.5, 0.6) is 0 Å². The maximum Gasteiger partial charge on any atom is 0.241 e. The number of rotatable bonds is 8. The Kier molecular flexibility index (Phi) is 6.84. The Morgan fingerprint density at radius 2 is 1.61 bits per heavy atom. The number of aryl methyl sites for hydroxylation is 1. The molecule has 3 aromatic rings. The normalized spacial score (nSPS) is 13.5.